The van der Waals surface area contributed by atoms with Crippen LogP contribution in [0.2, 0.25) is 0 Å². The number of carbonyl (C=O) groups is 1. The number of rotatable bonds is 0. The molecule has 1 aromatic carbocycles. The van der Waals surface area contributed by atoms with Crippen LogP contribution >= 0.6 is 0 Å². The molecule has 1 aliphatic carbocycles. The first-order valence-corrected chi connectivity index (χ1v) is 7.34. The van der Waals surface area contributed by atoms with Crippen LogP contribution in [-0.2, 0) is 15.1 Å². The molecule has 1 amide bonds. The van der Waals surface area contributed by atoms with Crippen molar-refractivity contribution < 1.29 is 14.6 Å². The number of carbonyl (C=O) groups excluding carboxylic acids is 1. The van der Waals surface area contributed by atoms with Gasteiger partial charge in [0.25, 0.3) is 11.9 Å². The van der Waals surface area contributed by atoms with Crippen molar-refractivity contribution in [3.8, 4) is 6.07 Å². The first-order chi connectivity index (χ1) is 10.7. The Kier molecular flexibility index (Phi) is 2.58. The van der Waals surface area contributed by atoms with Crippen LogP contribution in [0.15, 0.2) is 46.9 Å². The van der Waals surface area contributed by atoms with E-state index in [1.165, 1.54) is 0 Å². The fourth-order valence-corrected chi connectivity index (χ4v) is 3.70. The van der Waals surface area contributed by atoms with Crippen LogP contribution < -0.4 is 5.32 Å². The third-order valence-corrected chi connectivity index (χ3v) is 4.64. The molecule has 2 aliphatic heterocycles. The summed E-state index contributed by atoms with van der Waals surface area (Å²) in [7, 11) is 0. The quantitative estimate of drug-likeness (QED) is 0.770. The molecule has 1 spiro atoms. The van der Waals surface area contributed by atoms with E-state index in [1.54, 1.807) is 0 Å². The number of ether oxygens (including phenoxy) is 1. The predicted octanol–water partition coefficient (Wildman–Crippen LogP) is 3.03. The van der Waals surface area contributed by atoms with Gasteiger partial charge in [-0.3, -0.25) is 4.79 Å². The molecule has 0 unspecified atom stereocenters. The third kappa shape index (κ3) is 1.44. The Morgan fingerprint density at radius 3 is 2.86 bits per heavy atom. The highest BCUT2D eigenvalue weighted by Gasteiger charge is 2.56. The summed E-state index contributed by atoms with van der Waals surface area (Å²) in [4.78, 5) is 12.7. The topological polar surface area (TPSA) is 82.3 Å². The lowest BCUT2D eigenvalue weighted by Crippen LogP contribution is -2.43. The van der Waals surface area contributed by atoms with Crippen molar-refractivity contribution in [2.24, 2.45) is 0 Å². The molecule has 110 valence electrons. The normalized spacial score (nSPS) is 26.2. The Hall–Kier alpha value is -2.74. The average Bonchev–Trinajstić information content (AvgIpc) is 2.81. The minimum absolute atomic E-state index is 0.164. The van der Waals surface area contributed by atoms with Crippen LogP contribution in [0.5, 0.6) is 0 Å². The number of para-hydroxylation sites is 1. The molecular formula is C17H14N2O3. The highest BCUT2D eigenvalue weighted by atomic mass is 16.6. The van der Waals surface area contributed by atoms with E-state index in [0.717, 1.165) is 24.0 Å². The lowest BCUT2D eigenvalue weighted by molar-refractivity contribution is -0.137. The van der Waals surface area contributed by atoms with Crippen molar-refractivity contribution in [3.63, 3.8) is 0 Å². The number of fused-ring (bicyclic) bond motifs is 3. The molecule has 0 saturated heterocycles. The SMILES string of the molecule is N#CC1=C(O)O[C@]2(C(=O)Nc3ccccc32)C2=C1CCCC2. The summed E-state index contributed by atoms with van der Waals surface area (Å²) in [5.74, 6) is -0.748. The molecule has 4 rings (SSSR count). The Morgan fingerprint density at radius 1 is 1.27 bits per heavy atom. The van der Waals surface area contributed by atoms with Crippen molar-refractivity contribution in [2.75, 3.05) is 5.32 Å². The van der Waals surface area contributed by atoms with Gasteiger partial charge in [-0.05, 0) is 42.9 Å². The van der Waals surface area contributed by atoms with E-state index in [4.69, 9.17) is 4.74 Å². The van der Waals surface area contributed by atoms with Crippen LogP contribution in [0.4, 0.5) is 5.69 Å². The number of nitrogens with one attached hydrogen (secondary N) is 1. The molecule has 0 radical (unpaired) electrons. The standard InChI is InChI=1S/C17H14N2O3/c18-9-11-10-5-1-2-6-12(10)17(22-15(11)20)13-7-3-4-8-14(13)19-16(17)21/h3-4,7-8,20H,1-2,5-6H2,(H,19,21)/t17-/m1/s1. The summed E-state index contributed by atoms with van der Waals surface area (Å²) in [6.07, 6.45) is 3.26. The van der Waals surface area contributed by atoms with Gasteiger partial charge in [0.05, 0.1) is 0 Å². The second-order valence-electron chi connectivity index (χ2n) is 5.74. The maximum Gasteiger partial charge on any atom is 0.297 e. The first kappa shape index (κ1) is 13.0. The van der Waals surface area contributed by atoms with Gasteiger partial charge < -0.3 is 15.2 Å². The molecule has 0 saturated carbocycles. The van der Waals surface area contributed by atoms with Gasteiger partial charge in [-0.25, -0.2) is 0 Å². The van der Waals surface area contributed by atoms with Gasteiger partial charge in [0.1, 0.15) is 11.6 Å². The van der Waals surface area contributed by atoms with Crippen LogP contribution in [0.25, 0.3) is 0 Å². The maximum atomic E-state index is 12.7. The summed E-state index contributed by atoms with van der Waals surface area (Å²) in [6, 6.07) is 9.34. The highest BCUT2D eigenvalue weighted by Crippen LogP contribution is 2.52. The summed E-state index contributed by atoms with van der Waals surface area (Å²) >= 11 is 0. The lowest BCUT2D eigenvalue weighted by Gasteiger charge is -2.38. The summed E-state index contributed by atoms with van der Waals surface area (Å²) in [5.41, 5.74) is 1.82. The second-order valence-corrected chi connectivity index (χ2v) is 5.74. The zero-order valence-corrected chi connectivity index (χ0v) is 11.8. The number of allylic oxidation sites excluding steroid dienone is 2. The van der Waals surface area contributed by atoms with E-state index in [9.17, 15) is 15.2 Å². The smallest absolute Gasteiger partial charge is 0.297 e. The summed E-state index contributed by atoms with van der Waals surface area (Å²) < 4.78 is 5.69. The predicted molar refractivity (Wildman–Crippen MR) is 78.6 cm³/mol. The summed E-state index contributed by atoms with van der Waals surface area (Å²) in [5, 5.41) is 22.3. The van der Waals surface area contributed by atoms with Gasteiger partial charge in [0, 0.05) is 11.3 Å². The molecular weight excluding hydrogens is 280 g/mol. The van der Waals surface area contributed by atoms with Gasteiger partial charge in [0.2, 0.25) is 5.60 Å². The number of hydrogen-bond acceptors (Lipinski definition) is 4. The zero-order chi connectivity index (χ0) is 15.3. The zero-order valence-electron chi connectivity index (χ0n) is 11.8. The van der Waals surface area contributed by atoms with E-state index in [0.29, 0.717) is 24.1 Å². The number of anilines is 1. The fraction of sp³-hybridized carbons (Fsp3) is 0.294. The molecule has 22 heavy (non-hydrogen) atoms. The molecule has 2 heterocycles. The number of aliphatic hydroxyl groups excluding tert-OH is 1. The molecule has 5 nitrogen and oxygen atoms in total. The number of nitriles is 1. The van der Waals surface area contributed by atoms with Gasteiger partial charge in [-0.2, -0.15) is 5.26 Å². The number of benzene rings is 1. The van der Waals surface area contributed by atoms with Crippen molar-refractivity contribution in [3.05, 3.63) is 52.5 Å². The molecule has 0 bridgehead atoms. The Labute approximate surface area is 127 Å². The fourth-order valence-electron chi connectivity index (χ4n) is 3.70. The van der Waals surface area contributed by atoms with E-state index in [2.05, 4.69) is 5.32 Å². The molecule has 3 aliphatic rings. The second kappa shape index (κ2) is 4.38. The van der Waals surface area contributed by atoms with E-state index >= 15 is 0 Å². The Bertz CT molecular complexity index is 800. The summed E-state index contributed by atoms with van der Waals surface area (Å²) in [6.45, 7) is 0. The van der Waals surface area contributed by atoms with Crippen LogP contribution in [0, 0.1) is 11.3 Å². The van der Waals surface area contributed by atoms with Crippen molar-refractivity contribution in [1.29, 1.82) is 5.26 Å². The van der Waals surface area contributed by atoms with Crippen molar-refractivity contribution in [2.45, 2.75) is 31.3 Å². The lowest BCUT2D eigenvalue weighted by atomic mass is 9.74. The van der Waals surface area contributed by atoms with E-state index in [1.807, 2.05) is 30.3 Å². The molecule has 0 aromatic heterocycles. The largest absolute Gasteiger partial charge is 0.480 e. The van der Waals surface area contributed by atoms with Crippen LogP contribution in [0.3, 0.4) is 0 Å². The van der Waals surface area contributed by atoms with Crippen LogP contribution in [0.1, 0.15) is 31.2 Å². The Balaban J connectivity index is 2.01. The van der Waals surface area contributed by atoms with Gasteiger partial charge in [-0.15, -0.1) is 0 Å². The number of nitrogens with zero attached hydrogens (tertiary/aromatic N) is 1. The highest BCUT2D eigenvalue weighted by molar-refractivity contribution is 6.08. The van der Waals surface area contributed by atoms with E-state index < -0.39 is 11.5 Å². The van der Waals surface area contributed by atoms with Gasteiger partial charge in [-0.1, -0.05) is 18.2 Å². The molecule has 0 fully saturated rings. The van der Waals surface area contributed by atoms with Gasteiger partial charge in [0.15, 0.2) is 0 Å². The van der Waals surface area contributed by atoms with Gasteiger partial charge >= 0.3 is 0 Å². The number of aliphatic hydroxyl groups is 1. The number of hydrogen-bond donors (Lipinski definition) is 2. The van der Waals surface area contributed by atoms with Crippen LogP contribution in [-0.4, -0.2) is 11.0 Å². The monoisotopic (exact) mass is 294 g/mol. The van der Waals surface area contributed by atoms with Crippen molar-refractivity contribution >= 4 is 11.6 Å². The molecule has 5 heteroatoms. The maximum absolute atomic E-state index is 12.7. The first-order valence-electron chi connectivity index (χ1n) is 7.34. The molecule has 1 atom stereocenters. The average molecular weight is 294 g/mol. The van der Waals surface area contributed by atoms with Crippen molar-refractivity contribution in [1.82, 2.24) is 0 Å². The minimum atomic E-state index is -1.32. The third-order valence-electron chi connectivity index (χ3n) is 4.64. The number of amides is 1. The molecule has 2 N–H and O–H groups in total. The van der Waals surface area contributed by atoms with E-state index in [-0.39, 0.29) is 11.5 Å². The Morgan fingerprint density at radius 2 is 2.05 bits per heavy atom. The molecule has 1 aromatic rings. The minimum Gasteiger partial charge on any atom is -0.480 e.